The van der Waals surface area contributed by atoms with Crippen molar-refractivity contribution in [1.29, 1.82) is 0 Å². The molecule has 0 bridgehead atoms. The molecule has 1 atom stereocenters. The Labute approximate surface area is 143 Å². The molecule has 0 spiro atoms. The highest BCUT2D eigenvalue weighted by Gasteiger charge is 2.28. The second-order valence-corrected chi connectivity index (χ2v) is 6.84. The van der Waals surface area contributed by atoms with Gasteiger partial charge in [0.05, 0.1) is 6.54 Å². The first-order valence-corrected chi connectivity index (χ1v) is 8.84. The molecule has 0 aromatic carbocycles. The summed E-state index contributed by atoms with van der Waals surface area (Å²) in [6.45, 7) is 1.39. The fraction of sp³-hybridized carbons (Fsp3) is 0.706. The van der Waals surface area contributed by atoms with Crippen molar-refractivity contribution in [3.8, 4) is 5.88 Å². The molecule has 3 rings (SSSR count). The summed E-state index contributed by atoms with van der Waals surface area (Å²) in [5, 5.41) is 3.16. The summed E-state index contributed by atoms with van der Waals surface area (Å²) in [7, 11) is 3.83. The monoisotopic (exact) mass is 333 g/mol. The maximum Gasteiger partial charge on any atom is 0.317 e. The van der Waals surface area contributed by atoms with Crippen LogP contribution in [0, 0.1) is 0 Å². The molecular formula is C17H27N5O2. The quantitative estimate of drug-likeness (QED) is 0.913. The van der Waals surface area contributed by atoms with E-state index in [2.05, 4.69) is 15.3 Å². The van der Waals surface area contributed by atoms with E-state index in [1.807, 2.05) is 23.9 Å². The van der Waals surface area contributed by atoms with Crippen LogP contribution in [0.3, 0.4) is 0 Å². The third-order valence-corrected chi connectivity index (χ3v) is 4.70. The highest BCUT2D eigenvalue weighted by molar-refractivity contribution is 5.74. The molecule has 24 heavy (non-hydrogen) atoms. The van der Waals surface area contributed by atoms with Gasteiger partial charge in [-0.25, -0.2) is 14.8 Å². The molecule has 2 amide bonds. The van der Waals surface area contributed by atoms with Gasteiger partial charge in [-0.1, -0.05) is 12.8 Å². The van der Waals surface area contributed by atoms with Crippen molar-refractivity contribution in [2.45, 2.75) is 50.7 Å². The fourth-order valence-electron chi connectivity index (χ4n) is 3.42. The Morgan fingerprint density at radius 3 is 2.71 bits per heavy atom. The number of aromatic nitrogens is 2. The number of ether oxygens (including phenoxy) is 1. The van der Waals surface area contributed by atoms with Crippen molar-refractivity contribution >= 4 is 11.8 Å². The van der Waals surface area contributed by atoms with Crippen LogP contribution in [0.4, 0.5) is 10.6 Å². The average molecular weight is 333 g/mol. The van der Waals surface area contributed by atoms with E-state index in [-0.39, 0.29) is 12.1 Å². The number of carbonyl (C=O) groups excluding carboxylic acids is 1. The zero-order chi connectivity index (χ0) is 16.9. The summed E-state index contributed by atoms with van der Waals surface area (Å²) in [6, 6.07) is 0.390. The number of rotatable bonds is 4. The normalized spacial score (nSPS) is 21.6. The van der Waals surface area contributed by atoms with Crippen LogP contribution in [0.15, 0.2) is 12.4 Å². The number of urea groups is 1. The zero-order valence-corrected chi connectivity index (χ0v) is 14.6. The van der Waals surface area contributed by atoms with E-state index in [0.29, 0.717) is 24.3 Å². The van der Waals surface area contributed by atoms with Gasteiger partial charge >= 0.3 is 6.03 Å². The SMILES string of the molecule is CN(C)c1nccnc1OC1CCCN(C(=O)NC2CCCC2)C1. The topological polar surface area (TPSA) is 70.6 Å². The van der Waals surface area contributed by atoms with Crippen LogP contribution < -0.4 is 15.0 Å². The Morgan fingerprint density at radius 1 is 1.21 bits per heavy atom. The van der Waals surface area contributed by atoms with E-state index >= 15 is 0 Å². The molecule has 1 saturated carbocycles. The molecule has 7 nitrogen and oxygen atoms in total. The van der Waals surface area contributed by atoms with Gasteiger partial charge in [0, 0.05) is 39.1 Å². The number of piperidine rings is 1. The number of hydrogen-bond donors (Lipinski definition) is 1. The summed E-state index contributed by atoms with van der Waals surface area (Å²) in [5.41, 5.74) is 0. The highest BCUT2D eigenvalue weighted by atomic mass is 16.5. The Balaban J connectivity index is 1.58. The van der Waals surface area contributed by atoms with Crippen LogP contribution in [0.1, 0.15) is 38.5 Å². The van der Waals surface area contributed by atoms with Gasteiger partial charge in [-0.05, 0) is 25.7 Å². The van der Waals surface area contributed by atoms with E-state index in [9.17, 15) is 4.79 Å². The van der Waals surface area contributed by atoms with Crippen LogP contribution in [0.2, 0.25) is 0 Å². The smallest absolute Gasteiger partial charge is 0.317 e. The molecular weight excluding hydrogens is 306 g/mol. The minimum atomic E-state index is -0.0384. The van der Waals surface area contributed by atoms with Gasteiger partial charge in [-0.2, -0.15) is 0 Å². The summed E-state index contributed by atoms with van der Waals surface area (Å²) in [5.74, 6) is 1.25. The van der Waals surface area contributed by atoms with Gasteiger partial charge in [0.25, 0.3) is 5.88 Å². The summed E-state index contributed by atoms with van der Waals surface area (Å²) in [4.78, 5) is 24.8. The lowest BCUT2D eigenvalue weighted by molar-refractivity contribution is 0.0968. The first kappa shape index (κ1) is 16.8. The Morgan fingerprint density at radius 2 is 1.96 bits per heavy atom. The maximum absolute atomic E-state index is 12.5. The van der Waals surface area contributed by atoms with E-state index in [1.54, 1.807) is 12.4 Å². The van der Waals surface area contributed by atoms with E-state index in [1.165, 1.54) is 12.8 Å². The van der Waals surface area contributed by atoms with Crippen molar-refractivity contribution in [3.05, 3.63) is 12.4 Å². The van der Waals surface area contributed by atoms with Crippen LogP contribution in [0.5, 0.6) is 5.88 Å². The van der Waals surface area contributed by atoms with Gasteiger partial charge in [0.2, 0.25) is 0 Å². The highest BCUT2D eigenvalue weighted by Crippen LogP contribution is 2.24. The van der Waals surface area contributed by atoms with Crippen LogP contribution in [0.25, 0.3) is 0 Å². The number of carbonyl (C=O) groups is 1. The molecule has 1 aliphatic carbocycles. The van der Waals surface area contributed by atoms with Crippen LogP contribution in [-0.4, -0.2) is 60.2 Å². The van der Waals surface area contributed by atoms with Gasteiger partial charge in [0.15, 0.2) is 5.82 Å². The molecule has 1 unspecified atom stereocenters. The number of amides is 2. The third kappa shape index (κ3) is 4.07. The van der Waals surface area contributed by atoms with Crippen molar-refractivity contribution in [2.24, 2.45) is 0 Å². The summed E-state index contributed by atoms with van der Waals surface area (Å²) >= 11 is 0. The standard InChI is InChI=1S/C17H27N5O2/c1-21(2)15-16(19-10-9-18-15)24-14-8-5-11-22(12-14)17(23)20-13-6-3-4-7-13/h9-10,13-14H,3-8,11-12H2,1-2H3,(H,20,23). The van der Waals surface area contributed by atoms with Crippen molar-refractivity contribution < 1.29 is 9.53 Å². The van der Waals surface area contributed by atoms with E-state index in [4.69, 9.17) is 4.74 Å². The molecule has 1 N–H and O–H groups in total. The molecule has 1 aliphatic heterocycles. The molecule has 2 aliphatic rings. The molecule has 2 heterocycles. The Bertz CT molecular complexity index is 560. The second-order valence-electron chi connectivity index (χ2n) is 6.84. The van der Waals surface area contributed by atoms with Crippen LogP contribution >= 0.6 is 0 Å². The zero-order valence-electron chi connectivity index (χ0n) is 14.6. The summed E-state index contributed by atoms with van der Waals surface area (Å²) < 4.78 is 6.06. The second kappa shape index (κ2) is 7.68. The van der Waals surface area contributed by atoms with E-state index < -0.39 is 0 Å². The molecule has 2 fully saturated rings. The molecule has 1 aromatic heterocycles. The van der Waals surface area contributed by atoms with E-state index in [0.717, 1.165) is 32.2 Å². The summed E-state index contributed by atoms with van der Waals surface area (Å²) in [6.07, 6.45) is 9.77. The van der Waals surface area contributed by atoms with Crippen molar-refractivity contribution in [2.75, 3.05) is 32.1 Å². The molecule has 1 aromatic rings. The maximum atomic E-state index is 12.5. The molecule has 7 heteroatoms. The molecule has 132 valence electrons. The minimum absolute atomic E-state index is 0.0384. The Kier molecular flexibility index (Phi) is 5.37. The van der Waals surface area contributed by atoms with Crippen LogP contribution in [-0.2, 0) is 0 Å². The fourth-order valence-corrected chi connectivity index (χ4v) is 3.42. The minimum Gasteiger partial charge on any atom is -0.470 e. The number of likely N-dealkylation sites (tertiary alicyclic amines) is 1. The number of hydrogen-bond acceptors (Lipinski definition) is 5. The third-order valence-electron chi connectivity index (χ3n) is 4.70. The lowest BCUT2D eigenvalue weighted by Gasteiger charge is -2.33. The average Bonchev–Trinajstić information content (AvgIpc) is 3.08. The predicted molar refractivity (Wildman–Crippen MR) is 92.4 cm³/mol. The Hall–Kier alpha value is -2.05. The van der Waals surface area contributed by atoms with Gasteiger partial charge in [0.1, 0.15) is 6.10 Å². The van der Waals surface area contributed by atoms with Crippen molar-refractivity contribution in [3.63, 3.8) is 0 Å². The lowest BCUT2D eigenvalue weighted by atomic mass is 10.1. The largest absolute Gasteiger partial charge is 0.470 e. The van der Waals surface area contributed by atoms with Gasteiger partial charge in [-0.15, -0.1) is 0 Å². The molecule has 1 saturated heterocycles. The number of nitrogens with one attached hydrogen (secondary N) is 1. The molecule has 0 radical (unpaired) electrons. The first-order chi connectivity index (χ1) is 11.6. The predicted octanol–water partition coefficient (Wildman–Crippen LogP) is 2.04. The number of anilines is 1. The lowest BCUT2D eigenvalue weighted by Crippen LogP contribution is -2.50. The first-order valence-electron chi connectivity index (χ1n) is 8.84. The van der Waals surface area contributed by atoms with Gasteiger partial charge < -0.3 is 19.9 Å². The van der Waals surface area contributed by atoms with Crippen molar-refractivity contribution in [1.82, 2.24) is 20.2 Å². The number of nitrogens with zero attached hydrogens (tertiary/aromatic N) is 4. The van der Waals surface area contributed by atoms with Gasteiger partial charge in [-0.3, -0.25) is 0 Å².